The van der Waals surface area contributed by atoms with Crippen LogP contribution >= 0.6 is 15.9 Å². The molecule has 0 aromatic heterocycles. The predicted octanol–water partition coefficient (Wildman–Crippen LogP) is 1.03. The highest BCUT2D eigenvalue weighted by atomic mass is 79.9. The summed E-state index contributed by atoms with van der Waals surface area (Å²) >= 11 is 3.22. The van der Waals surface area contributed by atoms with E-state index in [1.54, 1.807) is 11.9 Å². The lowest BCUT2D eigenvalue weighted by Gasteiger charge is -2.11. The third-order valence-corrected chi connectivity index (χ3v) is 1.33. The largest absolute Gasteiger partial charge is 0.341 e. The Morgan fingerprint density at radius 3 is 2.78 bits per heavy atom. The molecule has 0 aliphatic rings. The molecule has 0 N–H and O–H groups in total. The summed E-state index contributed by atoms with van der Waals surface area (Å²) in [6, 6.07) is 0. The molecule has 0 bridgehead atoms. The van der Waals surface area contributed by atoms with Crippen LogP contribution in [0.15, 0.2) is 12.7 Å². The quantitative estimate of drug-likeness (QED) is 0.483. The second kappa shape index (κ2) is 4.56. The fourth-order valence-electron chi connectivity index (χ4n) is 0.393. The first kappa shape index (κ1) is 8.69. The summed E-state index contributed by atoms with van der Waals surface area (Å²) in [4.78, 5) is 12.3. The summed E-state index contributed by atoms with van der Waals surface area (Å²) in [5.74, 6) is -0.0329. The van der Waals surface area contributed by atoms with Crippen LogP contribution in [0.2, 0.25) is 0 Å². The van der Waals surface area contributed by atoms with Crippen molar-refractivity contribution in [1.82, 2.24) is 4.90 Å². The molecule has 0 aliphatic carbocycles. The van der Waals surface area contributed by atoms with Crippen molar-refractivity contribution >= 4 is 21.8 Å². The molecule has 0 fully saturated rings. The Labute approximate surface area is 63.7 Å². The number of nitrogens with zero attached hydrogens (tertiary/aromatic N) is 1. The summed E-state index contributed by atoms with van der Waals surface area (Å²) in [6.45, 7) is 4.08. The number of hydrogen-bond donors (Lipinski definition) is 0. The molecule has 0 saturated carbocycles. The Morgan fingerprint density at radius 2 is 2.44 bits per heavy atom. The topological polar surface area (TPSA) is 20.3 Å². The van der Waals surface area contributed by atoms with Crippen LogP contribution < -0.4 is 0 Å². The Kier molecular flexibility index (Phi) is 4.40. The lowest BCUT2D eigenvalue weighted by Crippen LogP contribution is -2.26. The van der Waals surface area contributed by atoms with E-state index in [0.29, 0.717) is 0 Å². The van der Waals surface area contributed by atoms with E-state index in [1.807, 2.05) is 0 Å². The number of likely N-dealkylation sites (N-methyl/N-ethyl adjacent to an activating group) is 1. The summed E-state index contributed by atoms with van der Waals surface area (Å²) in [5.41, 5.74) is 0. The smallest absolute Gasteiger partial charge is 0.245 e. The normalized spacial score (nSPS) is 8.67. The van der Waals surface area contributed by atoms with Crippen molar-refractivity contribution in [3.05, 3.63) is 12.7 Å². The Balaban J connectivity index is 3.58. The molecule has 0 atom stereocenters. The molecule has 0 aromatic rings. The number of carbonyl (C=O) groups excluding carboxylic acids is 1. The van der Waals surface area contributed by atoms with Crippen molar-refractivity contribution in [1.29, 1.82) is 0 Å². The van der Waals surface area contributed by atoms with E-state index < -0.39 is 0 Å². The minimum absolute atomic E-state index is 0.0329. The predicted molar refractivity (Wildman–Crippen MR) is 41.6 cm³/mol. The van der Waals surface area contributed by atoms with Gasteiger partial charge < -0.3 is 4.90 Å². The zero-order valence-corrected chi connectivity index (χ0v) is 7.02. The number of alkyl halides is 1. The average Bonchev–Trinajstić information content (AvgIpc) is 1.87. The minimum atomic E-state index is -0.0329. The van der Waals surface area contributed by atoms with Gasteiger partial charge >= 0.3 is 0 Å². The first-order chi connectivity index (χ1) is 4.22. The van der Waals surface area contributed by atoms with Crippen molar-refractivity contribution in [2.75, 3.05) is 18.9 Å². The van der Waals surface area contributed by atoms with Gasteiger partial charge in [-0.2, -0.15) is 0 Å². The average molecular weight is 192 g/mol. The van der Waals surface area contributed by atoms with Gasteiger partial charge in [-0.1, -0.05) is 22.5 Å². The van der Waals surface area contributed by atoms with E-state index in [1.165, 1.54) is 6.08 Å². The van der Waals surface area contributed by atoms with E-state index in [4.69, 9.17) is 0 Å². The number of rotatable bonds is 3. The first-order valence-electron chi connectivity index (χ1n) is 2.66. The zero-order valence-electron chi connectivity index (χ0n) is 5.43. The molecule has 9 heavy (non-hydrogen) atoms. The van der Waals surface area contributed by atoms with Crippen molar-refractivity contribution < 1.29 is 4.79 Å². The van der Waals surface area contributed by atoms with Crippen LogP contribution in [0.1, 0.15) is 0 Å². The van der Waals surface area contributed by atoms with Crippen molar-refractivity contribution in [3.63, 3.8) is 0 Å². The summed E-state index contributed by atoms with van der Waals surface area (Å²) in [6.07, 6.45) is 1.31. The van der Waals surface area contributed by atoms with Crippen molar-refractivity contribution in [2.24, 2.45) is 0 Å². The number of hydrogen-bond acceptors (Lipinski definition) is 1. The number of amides is 1. The number of halogens is 1. The third-order valence-electron chi connectivity index (χ3n) is 0.971. The Hall–Kier alpha value is -0.310. The van der Waals surface area contributed by atoms with Crippen LogP contribution in [0.4, 0.5) is 0 Å². The van der Waals surface area contributed by atoms with Gasteiger partial charge in [-0.05, 0) is 6.08 Å². The van der Waals surface area contributed by atoms with Gasteiger partial charge in [0.25, 0.3) is 0 Å². The third kappa shape index (κ3) is 3.30. The summed E-state index contributed by atoms with van der Waals surface area (Å²) in [7, 11) is 1.74. The maximum Gasteiger partial charge on any atom is 0.245 e. The number of carbonyl (C=O) groups is 1. The van der Waals surface area contributed by atoms with Gasteiger partial charge in [0.05, 0.1) is 0 Å². The van der Waals surface area contributed by atoms with Crippen LogP contribution in [-0.4, -0.2) is 29.7 Å². The van der Waals surface area contributed by atoms with E-state index in [9.17, 15) is 4.79 Å². The van der Waals surface area contributed by atoms with Gasteiger partial charge in [0.15, 0.2) is 0 Å². The Morgan fingerprint density at radius 1 is 1.89 bits per heavy atom. The highest BCUT2D eigenvalue weighted by Crippen LogP contribution is 1.87. The van der Waals surface area contributed by atoms with Gasteiger partial charge in [0.2, 0.25) is 5.91 Å². The second-order valence-corrected chi connectivity index (χ2v) is 2.45. The molecule has 52 valence electrons. The lowest BCUT2D eigenvalue weighted by molar-refractivity contribution is -0.124. The highest BCUT2D eigenvalue weighted by Gasteiger charge is 1.99. The molecular formula is C6H10BrNO. The molecule has 0 saturated heterocycles. The molecule has 0 heterocycles. The highest BCUT2D eigenvalue weighted by molar-refractivity contribution is 9.09. The molecular weight excluding hydrogens is 182 g/mol. The van der Waals surface area contributed by atoms with Gasteiger partial charge in [-0.3, -0.25) is 4.79 Å². The molecule has 0 aliphatic heterocycles. The van der Waals surface area contributed by atoms with Crippen molar-refractivity contribution in [3.8, 4) is 0 Å². The fourth-order valence-corrected chi connectivity index (χ4v) is 0.925. The van der Waals surface area contributed by atoms with Gasteiger partial charge in [-0.15, -0.1) is 0 Å². The SMILES string of the molecule is C=CC(=O)N(C)CCBr. The summed E-state index contributed by atoms with van der Waals surface area (Å²) in [5, 5.41) is 0.809. The fraction of sp³-hybridized carbons (Fsp3) is 0.500. The van der Waals surface area contributed by atoms with Crippen LogP contribution in [0.5, 0.6) is 0 Å². The minimum Gasteiger partial charge on any atom is -0.341 e. The van der Waals surface area contributed by atoms with Gasteiger partial charge in [0.1, 0.15) is 0 Å². The molecule has 0 radical (unpaired) electrons. The Bertz CT molecular complexity index is 114. The van der Waals surface area contributed by atoms with Gasteiger partial charge in [-0.25, -0.2) is 0 Å². The lowest BCUT2D eigenvalue weighted by atomic mass is 10.5. The van der Waals surface area contributed by atoms with E-state index in [0.717, 1.165) is 11.9 Å². The first-order valence-corrected chi connectivity index (χ1v) is 3.78. The van der Waals surface area contributed by atoms with Crippen molar-refractivity contribution in [2.45, 2.75) is 0 Å². The van der Waals surface area contributed by atoms with Gasteiger partial charge in [0, 0.05) is 18.9 Å². The maximum absolute atomic E-state index is 10.7. The molecule has 1 amide bonds. The molecule has 0 rings (SSSR count). The standard InChI is InChI=1S/C6H10BrNO/c1-3-6(9)8(2)5-4-7/h3H,1,4-5H2,2H3. The molecule has 0 spiro atoms. The van der Waals surface area contributed by atoms with Crippen LogP contribution in [-0.2, 0) is 4.79 Å². The molecule has 0 aromatic carbocycles. The monoisotopic (exact) mass is 191 g/mol. The van der Waals surface area contributed by atoms with Crippen LogP contribution in [0.3, 0.4) is 0 Å². The van der Waals surface area contributed by atoms with Crippen LogP contribution in [0.25, 0.3) is 0 Å². The van der Waals surface area contributed by atoms with Crippen LogP contribution in [0, 0.1) is 0 Å². The van der Waals surface area contributed by atoms with E-state index in [2.05, 4.69) is 22.5 Å². The molecule has 2 nitrogen and oxygen atoms in total. The van der Waals surface area contributed by atoms with E-state index >= 15 is 0 Å². The molecule has 3 heteroatoms. The second-order valence-electron chi connectivity index (χ2n) is 1.65. The van der Waals surface area contributed by atoms with E-state index in [-0.39, 0.29) is 5.91 Å². The summed E-state index contributed by atoms with van der Waals surface area (Å²) < 4.78 is 0. The zero-order chi connectivity index (χ0) is 7.28. The maximum atomic E-state index is 10.7. The molecule has 0 unspecified atom stereocenters.